The summed E-state index contributed by atoms with van der Waals surface area (Å²) in [5, 5.41) is 9.48. The molecule has 0 radical (unpaired) electrons. The van der Waals surface area contributed by atoms with Crippen LogP contribution < -0.4 is 11.1 Å². The van der Waals surface area contributed by atoms with Crippen molar-refractivity contribution in [2.24, 2.45) is 5.92 Å². The number of H-pyrrole nitrogens is 1. The van der Waals surface area contributed by atoms with Crippen LogP contribution in [0.4, 0.5) is 11.9 Å². The van der Waals surface area contributed by atoms with Gasteiger partial charge in [-0.15, -0.1) is 5.10 Å². The summed E-state index contributed by atoms with van der Waals surface area (Å²) >= 11 is 0. The third-order valence-electron chi connectivity index (χ3n) is 2.30. The molecule has 15 heavy (non-hydrogen) atoms. The number of aromatic nitrogens is 3. The van der Waals surface area contributed by atoms with Crippen molar-refractivity contribution in [2.45, 2.75) is 19.3 Å². The lowest BCUT2D eigenvalue weighted by atomic mass is 10.4. The lowest BCUT2D eigenvalue weighted by molar-refractivity contribution is 0.124. The maximum atomic E-state index is 5.49. The topological polar surface area (TPSA) is 88.8 Å². The fourth-order valence-corrected chi connectivity index (χ4v) is 1.26. The van der Waals surface area contributed by atoms with E-state index in [9.17, 15) is 0 Å². The standard InChI is InChI=1S/C9H17N5O/c10-8-12-9(14-13-8)11-4-1-5-15-6-7-2-3-7/h7H,1-6H2,(H4,10,11,12,13,14). The van der Waals surface area contributed by atoms with Crippen LogP contribution in [-0.4, -0.2) is 34.9 Å². The first-order valence-corrected chi connectivity index (χ1v) is 5.34. The molecule has 1 aliphatic rings. The SMILES string of the molecule is Nc1nc(NCCCOCC2CC2)n[nH]1. The van der Waals surface area contributed by atoms with E-state index in [1.165, 1.54) is 12.8 Å². The van der Waals surface area contributed by atoms with Crippen molar-refractivity contribution in [3.05, 3.63) is 0 Å². The maximum absolute atomic E-state index is 5.49. The first-order chi connectivity index (χ1) is 7.34. The van der Waals surface area contributed by atoms with Crippen LogP contribution in [0.15, 0.2) is 0 Å². The second-order valence-electron chi connectivity index (χ2n) is 3.84. The van der Waals surface area contributed by atoms with Crippen molar-refractivity contribution >= 4 is 11.9 Å². The van der Waals surface area contributed by atoms with E-state index >= 15 is 0 Å². The minimum atomic E-state index is 0.336. The zero-order valence-corrected chi connectivity index (χ0v) is 8.70. The Kier molecular flexibility index (Phi) is 3.39. The Labute approximate surface area is 88.6 Å². The normalized spacial score (nSPS) is 15.5. The molecule has 0 spiro atoms. The van der Waals surface area contributed by atoms with E-state index in [1.807, 2.05) is 0 Å². The van der Waals surface area contributed by atoms with Crippen molar-refractivity contribution in [3.63, 3.8) is 0 Å². The Morgan fingerprint density at radius 1 is 1.53 bits per heavy atom. The zero-order valence-electron chi connectivity index (χ0n) is 8.70. The second-order valence-corrected chi connectivity index (χ2v) is 3.84. The maximum Gasteiger partial charge on any atom is 0.243 e. The fourth-order valence-electron chi connectivity index (χ4n) is 1.26. The summed E-state index contributed by atoms with van der Waals surface area (Å²) in [5.41, 5.74) is 5.38. The van der Waals surface area contributed by atoms with E-state index in [4.69, 9.17) is 10.5 Å². The molecule has 1 aromatic rings. The van der Waals surface area contributed by atoms with Gasteiger partial charge < -0.3 is 15.8 Å². The molecule has 1 saturated carbocycles. The van der Waals surface area contributed by atoms with Gasteiger partial charge in [-0.25, -0.2) is 5.10 Å². The molecule has 0 aliphatic heterocycles. The minimum Gasteiger partial charge on any atom is -0.381 e. The van der Waals surface area contributed by atoms with Crippen molar-refractivity contribution in [1.82, 2.24) is 15.2 Å². The first-order valence-electron chi connectivity index (χ1n) is 5.34. The highest BCUT2D eigenvalue weighted by Gasteiger charge is 2.20. The Morgan fingerprint density at radius 2 is 2.40 bits per heavy atom. The van der Waals surface area contributed by atoms with Crippen LogP contribution in [0, 0.1) is 5.92 Å². The highest BCUT2D eigenvalue weighted by Crippen LogP contribution is 2.28. The van der Waals surface area contributed by atoms with E-state index in [1.54, 1.807) is 0 Å². The van der Waals surface area contributed by atoms with Crippen LogP contribution in [0.3, 0.4) is 0 Å². The summed E-state index contributed by atoms with van der Waals surface area (Å²) in [6, 6.07) is 0. The van der Waals surface area contributed by atoms with Gasteiger partial charge >= 0.3 is 0 Å². The summed E-state index contributed by atoms with van der Waals surface area (Å²) in [5.74, 6) is 1.72. The molecule has 0 unspecified atom stereocenters. The van der Waals surface area contributed by atoms with Crippen molar-refractivity contribution < 1.29 is 4.74 Å². The monoisotopic (exact) mass is 211 g/mol. The molecule has 0 atom stereocenters. The highest BCUT2D eigenvalue weighted by atomic mass is 16.5. The number of nitrogens with two attached hydrogens (primary N) is 1. The van der Waals surface area contributed by atoms with Crippen LogP contribution in [0.2, 0.25) is 0 Å². The average Bonchev–Trinajstić information content (AvgIpc) is 2.95. The summed E-state index contributed by atoms with van der Waals surface area (Å²) in [6.45, 7) is 2.53. The largest absolute Gasteiger partial charge is 0.381 e. The minimum absolute atomic E-state index is 0.336. The molecule has 1 aliphatic carbocycles. The van der Waals surface area contributed by atoms with Crippen LogP contribution in [0.5, 0.6) is 0 Å². The average molecular weight is 211 g/mol. The molecule has 84 valence electrons. The van der Waals surface area contributed by atoms with E-state index in [0.717, 1.165) is 32.1 Å². The number of nitrogen functional groups attached to an aromatic ring is 1. The van der Waals surface area contributed by atoms with Gasteiger partial charge in [-0.3, -0.25) is 0 Å². The highest BCUT2D eigenvalue weighted by molar-refractivity contribution is 5.29. The van der Waals surface area contributed by atoms with Crippen molar-refractivity contribution in [1.29, 1.82) is 0 Å². The lowest BCUT2D eigenvalue weighted by Crippen LogP contribution is -2.07. The Morgan fingerprint density at radius 3 is 3.07 bits per heavy atom. The predicted molar refractivity (Wildman–Crippen MR) is 57.4 cm³/mol. The summed E-state index contributed by atoms with van der Waals surface area (Å²) < 4.78 is 5.49. The molecule has 1 aromatic heterocycles. The quantitative estimate of drug-likeness (QED) is 0.575. The van der Waals surface area contributed by atoms with E-state index in [2.05, 4.69) is 20.5 Å². The van der Waals surface area contributed by atoms with Gasteiger partial charge in [-0.05, 0) is 25.2 Å². The Balaban J connectivity index is 1.47. The predicted octanol–water partition coefficient (Wildman–Crippen LogP) is 0.615. The van der Waals surface area contributed by atoms with Crippen LogP contribution in [0.1, 0.15) is 19.3 Å². The number of nitrogens with zero attached hydrogens (tertiary/aromatic N) is 2. The third-order valence-corrected chi connectivity index (χ3v) is 2.30. The number of nitrogens with one attached hydrogen (secondary N) is 2. The molecule has 0 aromatic carbocycles. The van der Waals surface area contributed by atoms with Crippen molar-refractivity contribution in [3.8, 4) is 0 Å². The first kappa shape index (κ1) is 10.2. The van der Waals surface area contributed by atoms with Crippen molar-refractivity contribution in [2.75, 3.05) is 30.8 Å². The summed E-state index contributed by atoms with van der Waals surface area (Å²) in [4.78, 5) is 3.93. The fraction of sp³-hybridized carbons (Fsp3) is 0.778. The number of rotatable bonds is 7. The number of hydrogen-bond donors (Lipinski definition) is 3. The Hall–Kier alpha value is -1.30. The van der Waals surface area contributed by atoms with Gasteiger partial charge in [0.25, 0.3) is 0 Å². The third kappa shape index (κ3) is 3.75. The molecule has 1 heterocycles. The van der Waals surface area contributed by atoms with Gasteiger partial charge in [0.2, 0.25) is 11.9 Å². The lowest BCUT2D eigenvalue weighted by Gasteiger charge is -2.03. The van der Waals surface area contributed by atoms with Gasteiger partial charge in [0.05, 0.1) is 0 Å². The molecular formula is C9H17N5O. The van der Waals surface area contributed by atoms with Gasteiger partial charge in [0, 0.05) is 19.8 Å². The summed E-state index contributed by atoms with van der Waals surface area (Å²) in [6.07, 6.45) is 3.64. The van der Waals surface area contributed by atoms with Gasteiger partial charge in [-0.2, -0.15) is 4.98 Å². The van der Waals surface area contributed by atoms with Gasteiger partial charge in [-0.1, -0.05) is 0 Å². The van der Waals surface area contributed by atoms with Crippen LogP contribution in [0.25, 0.3) is 0 Å². The van der Waals surface area contributed by atoms with Crippen LogP contribution >= 0.6 is 0 Å². The molecule has 6 nitrogen and oxygen atoms in total. The molecule has 0 saturated heterocycles. The molecule has 0 bridgehead atoms. The van der Waals surface area contributed by atoms with E-state index < -0.39 is 0 Å². The summed E-state index contributed by atoms with van der Waals surface area (Å²) in [7, 11) is 0. The number of aromatic amines is 1. The number of ether oxygens (including phenoxy) is 1. The molecule has 1 fully saturated rings. The van der Waals surface area contributed by atoms with E-state index in [0.29, 0.717) is 11.9 Å². The molecular weight excluding hydrogens is 194 g/mol. The molecule has 0 amide bonds. The van der Waals surface area contributed by atoms with E-state index in [-0.39, 0.29) is 0 Å². The molecule has 4 N–H and O–H groups in total. The number of hydrogen-bond acceptors (Lipinski definition) is 5. The molecule has 6 heteroatoms. The molecule has 2 rings (SSSR count). The second kappa shape index (κ2) is 4.97. The Bertz CT molecular complexity index is 296. The number of anilines is 2. The zero-order chi connectivity index (χ0) is 10.5. The van der Waals surface area contributed by atoms with Gasteiger partial charge in [0.15, 0.2) is 0 Å². The smallest absolute Gasteiger partial charge is 0.243 e. The van der Waals surface area contributed by atoms with Crippen LogP contribution in [-0.2, 0) is 4.74 Å². The van der Waals surface area contributed by atoms with Gasteiger partial charge in [0.1, 0.15) is 0 Å².